The van der Waals surface area contributed by atoms with Crippen molar-refractivity contribution in [3.05, 3.63) is 12.2 Å². The first kappa shape index (κ1) is 26.0. The molecule has 0 aromatic carbocycles. The largest absolute Gasteiger partial charge is 0.303 e. The molecular weight excluding hydrogens is 362 g/mol. The molecule has 0 bridgehead atoms. The molecule has 1 heterocycles. The summed E-state index contributed by atoms with van der Waals surface area (Å²) in [5.74, 6) is 0.252. The van der Waals surface area contributed by atoms with Crippen LogP contribution in [-0.4, -0.2) is 60.3 Å². The molecule has 0 fully saturated rings. The van der Waals surface area contributed by atoms with Crippen molar-refractivity contribution in [2.75, 3.05) is 26.7 Å². The third kappa shape index (κ3) is 8.69. The summed E-state index contributed by atoms with van der Waals surface area (Å²) < 4.78 is 0. The van der Waals surface area contributed by atoms with Crippen molar-refractivity contribution in [3.63, 3.8) is 0 Å². The Morgan fingerprint density at radius 3 is 2.41 bits per heavy atom. The van der Waals surface area contributed by atoms with Crippen molar-refractivity contribution < 1.29 is 9.59 Å². The summed E-state index contributed by atoms with van der Waals surface area (Å²) in [4.78, 5) is 28.5. The standard InChI is InChI=1S/C24H45N3O2/c1-19(2)22(29)24(6)15-17-27(7)16-13-11-9-8-10-12-14-23(5,26-20(3)4)21(28)18-25-24/h11,13,19-20,25-26H,8-10,12,14-18H2,1-7H3/b13-11+/t23-,24+/m1/s1. The maximum absolute atomic E-state index is 13.3. The third-order valence-corrected chi connectivity index (χ3v) is 6.05. The molecule has 0 amide bonds. The summed E-state index contributed by atoms with van der Waals surface area (Å²) in [5, 5.41) is 6.87. The van der Waals surface area contributed by atoms with Gasteiger partial charge in [0.1, 0.15) is 0 Å². The van der Waals surface area contributed by atoms with E-state index in [4.69, 9.17) is 0 Å². The van der Waals surface area contributed by atoms with Crippen LogP contribution >= 0.6 is 0 Å². The van der Waals surface area contributed by atoms with Crippen LogP contribution in [0.15, 0.2) is 12.2 Å². The molecule has 0 radical (unpaired) electrons. The molecule has 0 aliphatic carbocycles. The zero-order valence-electron chi connectivity index (χ0n) is 19.9. The number of hydrogen-bond acceptors (Lipinski definition) is 5. The summed E-state index contributed by atoms with van der Waals surface area (Å²) >= 11 is 0. The predicted molar refractivity (Wildman–Crippen MR) is 122 cm³/mol. The highest BCUT2D eigenvalue weighted by Gasteiger charge is 2.38. The minimum Gasteiger partial charge on any atom is -0.303 e. The van der Waals surface area contributed by atoms with Gasteiger partial charge in [0.2, 0.25) is 0 Å². The minimum absolute atomic E-state index is 0.0708. The number of carbonyl (C=O) groups is 2. The molecule has 168 valence electrons. The van der Waals surface area contributed by atoms with Crippen LogP contribution in [0.1, 0.15) is 80.1 Å². The van der Waals surface area contributed by atoms with Crippen LogP contribution in [-0.2, 0) is 9.59 Å². The average molecular weight is 408 g/mol. The normalized spacial score (nSPS) is 30.6. The maximum atomic E-state index is 13.3. The molecular formula is C24H45N3O2. The van der Waals surface area contributed by atoms with Crippen molar-refractivity contribution >= 4 is 11.6 Å². The van der Waals surface area contributed by atoms with Gasteiger partial charge >= 0.3 is 0 Å². The van der Waals surface area contributed by atoms with E-state index in [0.29, 0.717) is 6.42 Å². The topological polar surface area (TPSA) is 61.4 Å². The Balaban J connectivity index is 3.06. The maximum Gasteiger partial charge on any atom is 0.166 e. The Morgan fingerprint density at radius 2 is 1.79 bits per heavy atom. The molecule has 1 aliphatic rings. The summed E-state index contributed by atoms with van der Waals surface area (Å²) in [5.41, 5.74) is -1.26. The quantitative estimate of drug-likeness (QED) is 0.696. The van der Waals surface area contributed by atoms with Gasteiger partial charge in [-0.3, -0.25) is 14.9 Å². The van der Waals surface area contributed by atoms with E-state index in [0.717, 1.165) is 45.2 Å². The van der Waals surface area contributed by atoms with Crippen molar-refractivity contribution in [1.29, 1.82) is 0 Å². The number of Topliss-reactive ketones (excluding diaryl/α,β-unsaturated/α-hetero) is 2. The van der Waals surface area contributed by atoms with Gasteiger partial charge in [0.15, 0.2) is 11.6 Å². The van der Waals surface area contributed by atoms with Gasteiger partial charge in [-0.2, -0.15) is 0 Å². The van der Waals surface area contributed by atoms with Crippen LogP contribution in [0.4, 0.5) is 0 Å². The van der Waals surface area contributed by atoms with E-state index in [1.165, 1.54) is 0 Å². The SMILES string of the molecule is CC(C)N[C@]1(C)CCCCC/C=C/CN(C)CC[C@@](C)(C(=O)C(C)C)NCC1=O. The molecule has 2 N–H and O–H groups in total. The average Bonchev–Trinajstić information content (AvgIpc) is 2.64. The van der Waals surface area contributed by atoms with Crippen LogP contribution in [0.5, 0.6) is 0 Å². The molecule has 5 heteroatoms. The minimum atomic E-state index is -0.697. The smallest absolute Gasteiger partial charge is 0.166 e. The van der Waals surface area contributed by atoms with Crippen LogP contribution in [0, 0.1) is 5.92 Å². The molecule has 0 unspecified atom stereocenters. The number of likely N-dealkylation sites (N-methyl/N-ethyl adjacent to an activating group) is 1. The number of rotatable bonds is 4. The van der Waals surface area contributed by atoms with Gasteiger partial charge in [0.05, 0.1) is 17.6 Å². The third-order valence-electron chi connectivity index (χ3n) is 6.05. The molecule has 29 heavy (non-hydrogen) atoms. The lowest BCUT2D eigenvalue weighted by Gasteiger charge is -2.36. The highest BCUT2D eigenvalue weighted by Crippen LogP contribution is 2.21. The van der Waals surface area contributed by atoms with E-state index in [1.807, 2.05) is 27.7 Å². The summed E-state index contributed by atoms with van der Waals surface area (Å²) in [6.45, 7) is 13.9. The van der Waals surface area contributed by atoms with Crippen molar-refractivity contribution in [1.82, 2.24) is 15.5 Å². The van der Waals surface area contributed by atoms with E-state index in [9.17, 15) is 9.59 Å². The first-order chi connectivity index (χ1) is 13.5. The molecule has 5 nitrogen and oxygen atoms in total. The fourth-order valence-corrected chi connectivity index (χ4v) is 4.13. The Bertz CT molecular complexity index is 558. The number of carbonyl (C=O) groups excluding carboxylic acids is 2. The van der Waals surface area contributed by atoms with Gasteiger partial charge in [0.25, 0.3) is 0 Å². The van der Waals surface area contributed by atoms with Crippen LogP contribution in [0.3, 0.4) is 0 Å². The predicted octanol–water partition coefficient (Wildman–Crippen LogP) is 3.73. The lowest BCUT2D eigenvalue weighted by Crippen LogP contribution is -2.59. The summed E-state index contributed by atoms with van der Waals surface area (Å²) in [6, 6.07) is 0.231. The zero-order chi connectivity index (χ0) is 22.1. The zero-order valence-corrected chi connectivity index (χ0v) is 19.9. The Labute approximate surface area is 179 Å². The highest BCUT2D eigenvalue weighted by molar-refractivity contribution is 5.93. The number of ketones is 2. The Hall–Kier alpha value is -1.04. The highest BCUT2D eigenvalue weighted by atomic mass is 16.1. The molecule has 0 saturated heterocycles. The van der Waals surface area contributed by atoms with Gasteiger partial charge in [-0.1, -0.05) is 38.8 Å². The number of nitrogens with zero attached hydrogens (tertiary/aromatic N) is 1. The Morgan fingerprint density at radius 1 is 1.10 bits per heavy atom. The molecule has 1 rings (SSSR count). The lowest BCUT2D eigenvalue weighted by atomic mass is 9.84. The summed E-state index contributed by atoms with van der Waals surface area (Å²) in [7, 11) is 2.09. The first-order valence-electron chi connectivity index (χ1n) is 11.4. The van der Waals surface area contributed by atoms with Gasteiger partial charge in [-0.15, -0.1) is 0 Å². The molecule has 0 spiro atoms. The number of nitrogens with one attached hydrogen (secondary N) is 2. The van der Waals surface area contributed by atoms with Gasteiger partial charge in [0, 0.05) is 25.0 Å². The van der Waals surface area contributed by atoms with E-state index in [2.05, 4.69) is 48.6 Å². The summed E-state index contributed by atoms with van der Waals surface area (Å²) in [6.07, 6.45) is 10.4. The first-order valence-corrected chi connectivity index (χ1v) is 11.4. The van der Waals surface area contributed by atoms with E-state index in [1.54, 1.807) is 0 Å². The van der Waals surface area contributed by atoms with Crippen molar-refractivity contribution in [3.8, 4) is 0 Å². The second-order valence-electron chi connectivity index (χ2n) is 9.84. The lowest BCUT2D eigenvalue weighted by molar-refractivity contribution is -0.129. The monoisotopic (exact) mass is 407 g/mol. The van der Waals surface area contributed by atoms with E-state index >= 15 is 0 Å². The fraction of sp³-hybridized carbons (Fsp3) is 0.833. The van der Waals surface area contributed by atoms with Gasteiger partial charge in [-0.05, 0) is 60.4 Å². The van der Waals surface area contributed by atoms with Gasteiger partial charge in [-0.25, -0.2) is 0 Å². The number of hydrogen-bond donors (Lipinski definition) is 2. The molecule has 0 aromatic rings. The van der Waals surface area contributed by atoms with Crippen LogP contribution < -0.4 is 10.6 Å². The second kappa shape index (κ2) is 12.0. The molecule has 2 atom stereocenters. The molecule has 0 saturated carbocycles. The van der Waals surface area contributed by atoms with E-state index < -0.39 is 11.1 Å². The van der Waals surface area contributed by atoms with Crippen molar-refractivity contribution in [2.24, 2.45) is 5.92 Å². The van der Waals surface area contributed by atoms with Gasteiger partial charge < -0.3 is 10.2 Å². The fourth-order valence-electron chi connectivity index (χ4n) is 4.13. The van der Waals surface area contributed by atoms with E-state index in [-0.39, 0.29) is 30.1 Å². The number of allylic oxidation sites excluding steroid dienone is 1. The second-order valence-corrected chi connectivity index (χ2v) is 9.84. The van der Waals surface area contributed by atoms with Crippen LogP contribution in [0.25, 0.3) is 0 Å². The van der Waals surface area contributed by atoms with Crippen LogP contribution in [0.2, 0.25) is 0 Å². The van der Waals surface area contributed by atoms with Crippen molar-refractivity contribution in [2.45, 2.75) is 97.2 Å². The molecule has 0 aromatic heterocycles. The molecule has 1 aliphatic heterocycles. The Kier molecular flexibility index (Phi) is 10.7.